The highest BCUT2D eigenvalue weighted by atomic mass is 15.4. The average molecular weight is 411 g/mol. The summed E-state index contributed by atoms with van der Waals surface area (Å²) >= 11 is 0. The number of nitrogens with zero attached hydrogens (tertiary/aromatic N) is 1. The van der Waals surface area contributed by atoms with Gasteiger partial charge in [-0.1, -0.05) is 103 Å². The largest absolute Gasteiger partial charge is 0.279 e. The van der Waals surface area contributed by atoms with Gasteiger partial charge in [0.25, 0.3) is 0 Å². The molecular formula is C30H22N2. The average Bonchev–Trinajstić information content (AvgIpc) is 2.88. The molecule has 0 heterocycles. The van der Waals surface area contributed by atoms with Crippen LogP contribution in [0.1, 0.15) is 0 Å². The smallest absolute Gasteiger partial charge is 0.0653 e. The summed E-state index contributed by atoms with van der Waals surface area (Å²) in [4.78, 5) is 0. The van der Waals surface area contributed by atoms with Crippen molar-refractivity contribution in [3.63, 3.8) is 0 Å². The molecule has 0 amide bonds. The van der Waals surface area contributed by atoms with Crippen LogP contribution in [0.5, 0.6) is 0 Å². The maximum Gasteiger partial charge on any atom is 0.0653 e. The molecule has 0 unspecified atom stereocenters. The number of benzene rings is 6. The molecule has 6 aromatic rings. The van der Waals surface area contributed by atoms with Crippen molar-refractivity contribution in [3.05, 3.63) is 121 Å². The molecule has 2 heteroatoms. The Morgan fingerprint density at radius 1 is 0.438 bits per heavy atom. The zero-order chi connectivity index (χ0) is 21.5. The van der Waals surface area contributed by atoms with E-state index in [0.29, 0.717) is 0 Å². The molecule has 32 heavy (non-hydrogen) atoms. The molecule has 0 saturated carbocycles. The van der Waals surface area contributed by atoms with Gasteiger partial charge < -0.3 is 0 Å². The highest BCUT2D eigenvalue weighted by Crippen LogP contribution is 2.38. The van der Waals surface area contributed by atoms with Gasteiger partial charge in [-0.2, -0.15) is 0 Å². The van der Waals surface area contributed by atoms with Crippen molar-refractivity contribution in [1.82, 2.24) is 0 Å². The number of rotatable bonds is 3. The third-order valence-electron chi connectivity index (χ3n) is 6.25. The van der Waals surface area contributed by atoms with Crippen LogP contribution in [0.2, 0.25) is 0 Å². The third kappa shape index (κ3) is 2.93. The van der Waals surface area contributed by atoms with E-state index in [1.807, 2.05) is 12.1 Å². The van der Waals surface area contributed by atoms with Crippen LogP contribution in [0, 0.1) is 0 Å². The van der Waals surface area contributed by atoms with E-state index in [4.69, 9.17) is 5.84 Å². The summed E-state index contributed by atoms with van der Waals surface area (Å²) in [7, 11) is 0. The number of hydrogen-bond donors (Lipinski definition) is 1. The number of anilines is 2. The predicted molar refractivity (Wildman–Crippen MR) is 137 cm³/mol. The van der Waals surface area contributed by atoms with E-state index in [2.05, 4.69) is 109 Å². The second-order valence-corrected chi connectivity index (χ2v) is 8.07. The molecular weight excluding hydrogens is 388 g/mol. The number of fused-ring (bicyclic) bond motifs is 6. The zero-order valence-electron chi connectivity index (χ0n) is 17.6. The summed E-state index contributed by atoms with van der Waals surface area (Å²) < 4.78 is 0. The summed E-state index contributed by atoms with van der Waals surface area (Å²) in [6, 6.07) is 42.4. The molecule has 0 saturated heterocycles. The molecule has 2 N–H and O–H groups in total. The summed E-state index contributed by atoms with van der Waals surface area (Å²) in [6.07, 6.45) is 0. The first kappa shape index (κ1) is 18.6. The number of hydrazine groups is 1. The highest BCUT2D eigenvalue weighted by molar-refractivity contribution is 6.25. The van der Waals surface area contributed by atoms with Crippen molar-refractivity contribution < 1.29 is 0 Å². The first-order chi connectivity index (χ1) is 15.8. The first-order valence-electron chi connectivity index (χ1n) is 10.8. The predicted octanol–water partition coefficient (Wildman–Crippen LogP) is 7.83. The highest BCUT2D eigenvalue weighted by Gasteiger charge is 2.14. The normalized spacial score (nSPS) is 11.3. The number of para-hydroxylation sites is 1. The van der Waals surface area contributed by atoms with Gasteiger partial charge in [-0.05, 0) is 56.1 Å². The van der Waals surface area contributed by atoms with Gasteiger partial charge in [0.05, 0.1) is 11.4 Å². The maximum absolute atomic E-state index is 6.74. The molecule has 2 nitrogen and oxygen atoms in total. The van der Waals surface area contributed by atoms with Crippen LogP contribution in [-0.4, -0.2) is 0 Å². The summed E-state index contributed by atoms with van der Waals surface area (Å²) in [5.74, 6) is 6.74. The van der Waals surface area contributed by atoms with Crippen LogP contribution in [0.25, 0.3) is 43.4 Å². The summed E-state index contributed by atoms with van der Waals surface area (Å²) in [5, 5.41) is 9.31. The Hall–Kier alpha value is -4.14. The van der Waals surface area contributed by atoms with Crippen molar-refractivity contribution in [2.45, 2.75) is 0 Å². The van der Waals surface area contributed by atoms with Crippen molar-refractivity contribution in [2.75, 3.05) is 5.01 Å². The van der Waals surface area contributed by atoms with E-state index in [9.17, 15) is 0 Å². The van der Waals surface area contributed by atoms with Gasteiger partial charge in [0.1, 0.15) is 0 Å². The molecule has 0 aliphatic carbocycles. The molecule has 0 atom stereocenters. The molecule has 0 radical (unpaired) electrons. The van der Waals surface area contributed by atoms with Crippen LogP contribution in [0.15, 0.2) is 121 Å². The SMILES string of the molecule is NN(c1ccc2c3ccccc3c3ccccc3c2c1)c1ccccc1-c1ccccc1. The van der Waals surface area contributed by atoms with Crippen LogP contribution in [-0.2, 0) is 0 Å². The van der Waals surface area contributed by atoms with E-state index in [1.54, 1.807) is 5.01 Å². The Morgan fingerprint density at radius 2 is 0.938 bits per heavy atom. The maximum atomic E-state index is 6.74. The van der Waals surface area contributed by atoms with E-state index in [-0.39, 0.29) is 0 Å². The topological polar surface area (TPSA) is 29.3 Å². The van der Waals surface area contributed by atoms with Gasteiger partial charge >= 0.3 is 0 Å². The van der Waals surface area contributed by atoms with Gasteiger partial charge in [0.15, 0.2) is 0 Å². The van der Waals surface area contributed by atoms with E-state index >= 15 is 0 Å². The quantitative estimate of drug-likeness (QED) is 0.183. The van der Waals surface area contributed by atoms with Gasteiger partial charge in [0.2, 0.25) is 0 Å². The monoisotopic (exact) mass is 410 g/mol. The van der Waals surface area contributed by atoms with Gasteiger partial charge in [-0.3, -0.25) is 5.01 Å². The van der Waals surface area contributed by atoms with Crippen molar-refractivity contribution >= 4 is 43.7 Å². The molecule has 152 valence electrons. The standard InChI is InChI=1S/C30H22N2/c31-32(30-17-9-8-12-23(30)21-10-2-1-3-11-21)22-18-19-28-26-15-5-4-13-24(26)25-14-6-7-16-27(25)29(28)20-22/h1-20H,31H2. The van der Waals surface area contributed by atoms with E-state index < -0.39 is 0 Å². The fourth-order valence-electron chi connectivity index (χ4n) is 4.73. The minimum atomic E-state index is 0.960. The molecule has 0 aliphatic rings. The fourth-order valence-corrected chi connectivity index (χ4v) is 4.73. The number of hydrogen-bond acceptors (Lipinski definition) is 2. The van der Waals surface area contributed by atoms with Gasteiger partial charge in [0, 0.05) is 5.56 Å². The lowest BCUT2D eigenvalue weighted by atomic mass is 9.94. The summed E-state index contributed by atoms with van der Waals surface area (Å²) in [5.41, 5.74) is 4.19. The van der Waals surface area contributed by atoms with Crippen LogP contribution >= 0.6 is 0 Å². The second-order valence-electron chi connectivity index (χ2n) is 8.07. The van der Waals surface area contributed by atoms with Crippen LogP contribution in [0.4, 0.5) is 11.4 Å². The van der Waals surface area contributed by atoms with Gasteiger partial charge in [-0.25, -0.2) is 5.84 Å². The van der Waals surface area contributed by atoms with Crippen molar-refractivity contribution in [1.29, 1.82) is 0 Å². The van der Waals surface area contributed by atoms with Crippen molar-refractivity contribution in [3.8, 4) is 11.1 Å². The minimum Gasteiger partial charge on any atom is -0.279 e. The summed E-state index contributed by atoms with van der Waals surface area (Å²) in [6.45, 7) is 0. The zero-order valence-corrected chi connectivity index (χ0v) is 17.6. The third-order valence-corrected chi connectivity index (χ3v) is 6.25. The molecule has 6 rings (SSSR count). The number of nitrogens with two attached hydrogens (primary N) is 1. The lowest BCUT2D eigenvalue weighted by Gasteiger charge is -2.23. The van der Waals surface area contributed by atoms with Gasteiger partial charge in [-0.15, -0.1) is 0 Å². The molecule has 0 fully saturated rings. The van der Waals surface area contributed by atoms with Crippen molar-refractivity contribution in [2.24, 2.45) is 5.84 Å². The Morgan fingerprint density at radius 3 is 1.59 bits per heavy atom. The lowest BCUT2D eigenvalue weighted by Crippen LogP contribution is -2.25. The lowest BCUT2D eigenvalue weighted by molar-refractivity contribution is 1.09. The Labute approximate surface area is 187 Å². The van der Waals surface area contributed by atoms with E-state index in [1.165, 1.54) is 32.3 Å². The van der Waals surface area contributed by atoms with E-state index in [0.717, 1.165) is 22.5 Å². The minimum absolute atomic E-state index is 0.960. The second kappa shape index (κ2) is 7.52. The van der Waals surface area contributed by atoms with Crippen LogP contribution < -0.4 is 10.9 Å². The Balaban J connectivity index is 1.58. The van der Waals surface area contributed by atoms with Crippen LogP contribution in [0.3, 0.4) is 0 Å². The Kier molecular flexibility index (Phi) is 4.38. The molecule has 0 spiro atoms. The first-order valence-corrected chi connectivity index (χ1v) is 10.8. The molecule has 0 aromatic heterocycles. The molecule has 0 bridgehead atoms. The molecule has 6 aromatic carbocycles. The Bertz CT molecular complexity index is 1550. The fraction of sp³-hybridized carbons (Fsp3) is 0. The molecule has 0 aliphatic heterocycles.